The van der Waals surface area contributed by atoms with E-state index >= 15 is 0 Å². The minimum absolute atomic E-state index is 0.0251. The summed E-state index contributed by atoms with van der Waals surface area (Å²) in [6, 6.07) is 9.35. The maximum Gasteiger partial charge on any atom is 0.305 e. The van der Waals surface area contributed by atoms with Gasteiger partial charge in [0.15, 0.2) is 0 Å². The van der Waals surface area contributed by atoms with Crippen molar-refractivity contribution in [1.82, 2.24) is 15.1 Å². The van der Waals surface area contributed by atoms with Crippen molar-refractivity contribution < 1.29 is 19.2 Å². The van der Waals surface area contributed by atoms with Gasteiger partial charge in [0.05, 0.1) is 13.0 Å². The van der Waals surface area contributed by atoms with E-state index < -0.39 is 5.97 Å². The summed E-state index contributed by atoms with van der Waals surface area (Å²) in [6.07, 6.45) is 0.460. The van der Waals surface area contributed by atoms with Crippen LogP contribution in [0.25, 0.3) is 11.4 Å². The van der Waals surface area contributed by atoms with Gasteiger partial charge in [-0.1, -0.05) is 35.5 Å². The fraction of sp³-hybridized carbons (Fsp3) is 0.267. The van der Waals surface area contributed by atoms with Crippen molar-refractivity contribution >= 4 is 17.6 Å². The normalized spacial score (nSPS) is 14.7. The summed E-state index contributed by atoms with van der Waals surface area (Å²) < 4.78 is 5.22. The first-order chi connectivity index (χ1) is 11.1. The van der Waals surface area contributed by atoms with Crippen molar-refractivity contribution in [2.45, 2.75) is 19.3 Å². The van der Waals surface area contributed by atoms with Gasteiger partial charge in [0, 0.05) is 18.4 Å². The second-order valence-corrected chi connectivity index (χ2v) is 5.00. The largest absolute Gasteiger partial charge is 0.481 e. The zero-order valence-electron chi connectivity index (χ0n) is 12.2. The van der Waals surface area contributed by atoms with Crippen LogP contribution < -0.4 is 0 Å². The molecule has 2 heterocycles. The van der Waals surface area contributed by atoms with Gasteiger partial charge in [-0.2, -0.15) is 10.1 Å². The molecule has 0 spiro atoms. The minimum Gasteiger partial charge on any atom is -0.481 e. The molecule has 1 aromatic heterocycles. The zero-order valence-corrected chi connectivity index (χ0v) is 12.2. The smallest absolute Gasteiger partial charge is 0.305 e. The number of aliphatic carboxylic acids is 1. The zero-order chi connectivity index (χ0) is 16.2. The highest BCUT2D eigenvalue weighted by Crippen LogP contribution is 2.18. The number of amides is 1. The standard InChI is InChI=1S/C15H14N4O4/c20-12-7-6-11(17-19(12)9-8-13(21)22)15-16-14(18-23-15)10-4-2-1-3-5-10/h1-5H,6-9H2,(H,21,22). The number of benzene rings is 1. The van der Waals surface area contributed by atoms with Crippen LogP contribution in [0.5, 0.6) is 0 Å². The summed E-state index contributed by atoms with van der Waals surface area (Å²) in [5.74, 6) is -0.504. The highest BCUT2D eigenvalue weighted by atomic mass is 16.5. The molecule has 0 atom stereocenters. The van der Waals surface area contributed by atoms with Gasteiger partial charge >= 0.3 is 5.97 Å². The number of carboxylic acids is 1. The van der Waals surface area contributed by atoms with Crippen LogP contribution in [-0.4, -0.2) is 44.4 Å². The topological polar surface area (TPSA) is 109 Å². The van der Waals surface area contributed by atoms with E-state index in [0.717, 1.165) is 10.6 Å². The van der Waals surface area contributed by atoms with Crippen molar-refractivity contribution in [1.29, 1.82) is 0 Å². The monoisotopic (exact) mass is 314 g/mol. The molecule has 1 amide bonds. The Morgan fingerprint density at radius 3 is 2.78 bits per heavy atom. The lowest BCUT2D eigenvalue weighted by molar-refractivity contribution is -0.138. The third kappa shape index (κ3) is 3.42. The number of hydrogen-bond donors (Lipinski definition) is 1. The second-order valence-electron chi connectivity index (χ2n) is 5.00. The third-order valence-electron chi connectivity index (χ3n) is 3.35. The molecule has 1 aliphatic rings. The fourth-order valence-electron chi connectivity index (χ4n) is 2.18. The Kier molecular flexibility index (Phi) is 4.13. The SMILES string of the molecule is O=C(O)CCN1N=C(c2nc(-c3ccccc3)no2)CCC1=O. The lowest BCUT2D eigenvalue weighted by Gasteiger charge is -2.21. The van der Waals surface area contributed by atoms with Crippen molar-refractivity contribution in [3.05, 3.63) is 36.2 Å². The summed E-state index contributed by atoms with van der Waals surface area (Å²) in [4.78, 5) is 26.7. The van der Waals surface area contributed by atoms with Crippen LogP contribution in [0.15, 0.2) is 40.0 Å². The molecule has 0 radical (unpaired) electrons. The quantitative estimate of drug-likeness (QED) is 0.896. The lowest BCUT2D eigenvalue weighted by Crippen LogP contribution is -2.33. The summed E-state index contributed by atoms with van der Waals surface area (Å²) in [5.41, 5.74) is 1.31. The molecule has 1 N–H and O–H groups in total. The molecule has 0 saturated carbocycles. The molecule has 0 bridgehead atoms. The molecular formula is C15H14N4O4. The molecule has 8 nitrogen and oxygen atoms in total. The third-order valence-corrected chi connectivity index (χ3v) is 3.35. The van der Waals surface area contributed by atoms with Crippen molar-refractivity contribution in [3.63, 3.8) is 0 Å². The molecule has 23 heavy (non-hydrogen) atoms. The number of carbonyl (C=O) groups excluding carboxylic acids is 1. The molecular weight excluding hydrogens is 300 g/mol. The first-order valence-corrected chi connectivity index (χ1v) is 7.12. The number of nitrogens with zero attached hydrogens (tertiary/aromatic N) is 4. The maximum atomic E-state index is 11.8. The first kappa shape index (κ1) is 14.9. The van der Waals surface area contributed by atoms with E-state index in [1.165, 1.54) is 0 Å². The van der Waals surface area contributed by atoms with Gasteiger partial charge in [-0.3, -0.25) is 9.59 Å². The van der Waals surface area contributed by atoms with E-state index in [1.54, 1.807) is 0 Å². The maximum absolute atomic E-state index is 11.8. The average molecular weight is 314 g/mol. The average Bonchev–Trinajstić information content (AvgIpc) is 3.05. The molecule has 0 fully saturated rings. The number of carboxylic acid groups (broad SMARTS) is 1. The van der Waals surface area contributed by atoms with Gasteiger partial charge < -0.3 is 9.63 Å². The molecule has 1 aromatic carbocycles. The number of hydrazone groups is 1. The van der Waals surface area contributed by atoms with Crippen molar-refractivity contribution in [2.24, 2.45) is 5.10 Å². The molecule has 8 heteroatoms. The second kappa shape index (κ2) is 6.39. The van der Waals surface area contributed by atoms with Gasteiger partial charge in [-0.15, -0.1) is 0 Å². The first-order valence-electron chi connectivity index (χ1n) is 7.12. The van der Waals surface area contributed by atoms with Crippen LogP contribution in [0, 0.1) is 0 Å². The summed E-state index contributed by atoms with van der Waals surface area (Å²) >= 11 is 0. The van der Waals surface area contributed by atoms with Crippen LogP contribution in [0.4, 0.5) is 0 Å². The Balaban J connectivity index is 1.81. The van der Waals surface area contributed by atoms with Gasteiger partial charge in [0.1, 0.15) is 5.71 Å². The number of hydrogen-bond acceptors (Lipinski definition) is 6. The predicted molar refractivity (Wildman–Crippen MR) is 79.5 cm³/mol. The van der Waals surface area contributed by atoms with E-state index in [2.05, 4.69) is 15.2 Å². The Morgan fingerprint density at radius 1 is 1.26 bits per heavy atom. The Morgan fingerprint density at radius 2 is 2.04 bits per heavy atom. The molecule has 0 saturated heterocycles. The van der Waals surface area contributed by atoms with E-state index in [1.807, 2.05) is 30.3 Å². The van der Waals surface area contributed by atoms with E-state index in [9.17, 15) is 9.59 Å². The minimum atomic E-state index is -0.982. The number of rotatable bonds is 5. The van der Waals surface area contributed by atoms with Gasteiger partial charge in [-0.05, 0) is 0 Å². The van der Waals surface area contributed by atoms with Crippen LogP contribution in [0.2, 0.25) is 0 Å². The fourth-order valence-corrected chi connectivity index (χ4v) is 2.18. The van der Waals surface area contributed by atoms with E-state index in [-0.39, 0.29) is 31.2 Å². The number of carbonyl (C=O) groups is 2. The summed E-state index contributed by atoms with van der Waals surface area (Å²) in [6.45, 7) is 0.0251. The van der Waals surface area contributed by atoms with Crippen LogP contribution in [-0.2, 0) is 9.59 Å². The van der Waals surface area contributed by atoms with Crippen LogP contribution >= 0.6 is 0 Å². The van der Waals surface area contributed by atoms with E-state index in [0.29, 0.717) is 18.0 Å². The number of aromatic nitrogens is 2. The Bertz CT molecular complexity index is 754. The van der Waals surface area contributed by atoms with Crippen LogP contribution in [0.3, 0.4) is 0 Å². The van der Waals surface area contributed by atoms with Gasteiger partial charge in [0.2, 0.25) is 11.7 Å². The highest BCUT2D eigenvalue weighted by Gasteiger charge is 2.25. The highest BCUT2D eigenvalue weighted by molar-refractivity contribution is 6.01. The van der Waals surface area contributed by atoms with E-state index in [4.69, 9.17) is 9.63 Å². The van der Waals surface area contributed by atoms with Crippen molar-refractivity contribution in [2.75, 3.05) is 6.54 Å². The Labute approximate surface area is 131 Å². The summed E-state index contributed by atoms with van der Waals surface area (Å²) in [7, 11) is 0. The molecule has 118 valence electrons. The molecule has 3 rings (SSSR count). The van der Waals surface area contributed by atoms with Crippen molar-refractivity contribution in [3.8, 4) is 11.4 Å². The van der Waals surface area contributed by atoms with Gasteiger partial charge in [0.25, 0.3) is 5.89 Å². The van der Waals surface area contributed by atoms with Gasteiger partial charge in [-0.25, -0.2) is 5.01 Å². The molecule has 0 aliphatic carbocycles. The molecule has 2 aromatic rings. The molecule has 0 unspecified atom stereocenters. The van der Waals surface area contributed by atoms with Crippen LogP contribution in [0.1, 0.15) is 25.2 Å². The molecule has 1 aliphatic heterocycles. The Hall–Kier alpha value is -3.03. The predicted octanol–water partition coefficient (Wildman–Crippen LogP) is 1.54. The summed E-state index contributed by atoms with van der Waals surface area (Å²) in [5, 5.41) is 17.9. The lowest BCUT2D eigenvalue weighted by atomic mass is 10.1.